The van der Waals surface area contributed by atoms with Crippen LogP contribution in [0.1, 0.15) is 48.0 Å². The number of piperidine rings is 2. The first kappa shape index (κ1) is 21.6. The van der Waals surface area contributed by atoms with Crippen LogP contribution in [0.5, 0.6) is 0 Å². The molecule has 0 radical (unpaired) electrons. The number of carbonyl (C=O) groups excluding carboxylic acids is 1. The highest BCUT2D eigenvalue weighted by Gasteiger charge is 2.27. The molecule has 0 aliphatic carbocycles. The Bertz CT molecular complexity index is 859. The zero-order chi connectivity index (χ0) is 21.1. The van der Waals surface area contributed by atoms with E-state index in [1.807, 2.05) is 6.07 Å². The van der Waals surface area contributed by atoms with Crippen LogP contribution in [0.4, 0.5) is 5.69 Å². The minimum atomic E-state index is -3.31. The number of fused-ring (bicyclic) bond motifs is 1. The Labute approximate surface area is 180 Å². The van der Waals surface area contributed by atoms with Gasteiger partial charge in [0.15, 0.2) is 0 Å². The Morgan fingerprint density at radius 1 is 1.07 bits per heavy atom. The lowest BCUT2D eigenvalue weighted by Gasteiger charge is -2.40. The molecule has 30 heavy (non-hydrogen) atoms. The number of anilines is 1. The molecule has 1 aromatic rings. The van der Waals surface area contributed by atoms with Crippen LogP contribution in [0.2, 0.25) is 0 Å². The first-order chi connectivity index (χ1) is 14.4. The van der Waals surface area contributed by atoms with Crippen molar-refractivity contribution in [2.75, 3.05) is 56.4 Å². The normalized spacial score (nSPS) is 21.6. The molecule has 8 heteroatoms. The van der Waals surface area contributed by atoms with Gasteiger partial charge in [-0.25, -0.2) is 8.42 Å². The predicted molar refractivity (Wildman–Crippen MR) is 120 cm³/mol. The quantitative estimate of drug-likeness (QED) is 0.738. The lowest BCUT2D eigenvalue weighted by Crippen LogP contribution is -2.48. The maximum atomic E-state index is 12.6. The second-order valence-electron chi connectivity index (χ2n) is 8.85. The molecule has 0 saturated carbocycles. The molecule has 0 unspecified atom stereocenters. The van der Waals surface area contributed by atoms with E-state index in [2.05, 4.69) is 15.1 Å². The zero-order valence-electron chi connectivity index (χ0n) is 18.0. The summed E-state index contributed by atoms with van der Waals surface area (Å²) in [4.78, 5) is 17.7. The number of sulfonamides is 1. The molecule has 2 saturated heterocycles. The van der Waals surface area contributed by atoms with Crippen molar-refractivity contribution in [3.63, 3.8) is 0 Å². The number of likely N-dealkylation sites (tertiary alicyclic amines) is 2. The van der Waals surface area contributed by atoms with Crippen LogP contribution in [0.25, 0.3) is 0 Å². The van der Waals surface area contributed by atoms with Gasteiger partial charge in [-0.2, -0.15) is 0 Å². The van der Waals surface area contributed by atoms with Gasteiger partial charge in [0.05, 0.1) is 11.9 Å². The molecular formula is C22H34N4O3S. The van der Waals surface area contributed by atoms with Crippen molar-refractivity contribution in [3.05, 3.63) is 29.3 Å². The maximum absolute atomic E-state index is 12.6. The first-order valence-electron chi connectivity index (χ1n) is 11.3. The van der Waals surface area contributed by atoms with E-state index in [9.17, 15) is 13.2 Å². The summed E-state index contributed by atoms with van der Waals surface area (Å²) < 4.78 is 25.3. The van der Waals surface area contributed by atoms with E-state index in [1.165, 1.54) is 55.8 Å². The van der Waals surface area contributed by atoms with Gasteiger partial charge in [0, 0.05) is 31.2 Å². The maximum Gasteiger partial charge on any atom is 0.251 e. The number of amides is 1. The van der Waals surface area contributed by atoms with Gasteiger partial charge < -0.3 is 15.1 Å². The summed E-state index contributed by atoms with van der Waals surface area (Å²) in [6.45, 7) is 6.64. The smallest absolute Gasteiger partial charge is 0.251 e. The Balaban J connectivity index is 1.24. The summed E-state index contributed by atoms with van der Waals surface area (Å²) in [6.07, 6.45) is 8.42. The Morgan fingerprint density at radius 3 is 2.50 bits per heavy atom. The van der Waals surface area contributed by atoms with E-state index in [1.54, 1.807) is 12.1 Å². The molecule has 1 aromatic carbocycles. The molecule has 0 bridgehead atoms. The third-order valence-electron chi connectivity index (χ3n) is 6.78. The van der Waals surface area contributed by atoms with Crippen LogP contribution in [-0.4, -0.2) is 82.2 Å². The summed E-state index contributed by atoms with van der Waals surface area (Å²) >= 11 is 0. The Kier molecular flexibility index (Phi) is 6.65. The van der Waals surface area contributed by atoms with Crippen molar-refractivity contribution in [1.82, 2.24) is 15.1 Å². The van der Waals surface area contributed by atoms with Crippen LogP contribution in [0.15, 0.2) is 18.2 Å². The van der Waals surface area contributed by atoms with Crippen molar-refractivity contribution < 1.29 is 13.2 Å². The van der Waals surface area contributed by atoms with Gasteiger partial charge in [0.1, 0.15) is 0 Å². The molecule has 0 atom stereocenters. The summed E-state index contributed by atoms with van der Waals surface area (Å²) in [6, 6.07) is 6.12. The fourth-order valence-electron chi connectivity index (χ4n) is 5.06. The largest absolute Gasteiger partial charge is 0.351 e. The molecule has 3 heterocycles. The van der Waals surface area contributed by atoms with E-state index in [-0.39, 0.29) is 5.91 Å². The number of nitrogens with zero attached hydrogens (tertiary/aromatic N) is 3. The van der Waals surface area contributed by atoms with E-state index in [0.29, 0.717) is 30.8 Å². The van der Waals surface area contributed by atoms with Crippen molar-refractivity contribution in [2.45, 2.75) is 44.6 Å². The SMILES string of the molecule is CS(=O)(=O)N1CCc2ccc(C(=O)NCCN3CCC(N4CCCCC4)CC3)cc21. The Morgan fingerprint density at radius 2 is 1.80 bits per heavy atom. The summed E-state index contributed by atoms with van der Waals surface area (Å²) in [5, 5.41) is 3.01. The molecule has 3 aliphatic heterocycles. The number of nitrogens with one attached hydrogen (secondary N) is 1. The summed E-state index contributed by atoms with van der Waals surface area (Å²) in [5.74, 6) is -0.138. The fraction of sp³-hybridized carbons (Fsp3) is 0.682. The number of rotatable bonds is 6. The lowest BCUT2D eigenvalue weighted by molar-refractivity contribution is 0.0881. The van der Waals surface area contributed by atoms with Crippen molar-refractivity contribution in [3.8, 4) is 0 Å². The second-order valence-corrected chi connectivity index (χ2v) is 10.8. The molecule has 0 spiro atoms. The highest BCUT2D eigenvalue weighted by Crippen LogP contribution is 2.31. The van der Waals surface area contributed by atoms with Crippen LogP contribution in [0.3, 0.4) is 0 Å². The topological polar surface area (TPSA) is 73.0 Å². The third-order valence-corrected chi connectivity index (χ3v) is 7.96. The molecule has 166 valence electrons. The van der Waals surface area contributed by atoms with Crippen molar-refractivity contribution in [1.29, 1.82) is 0 Å². The highest BCUT2D eigenvalue weighted by atomic mass is 32.2. The van der Waals surface area contributed by atoms with Gasteiger partial charge in [-0.1, -0.05) is 12.5 Å². The van der Waals surface area contributed by atoms with Crippen molar-refractivity contribution in [2.24, 2.45) is 0 Å². The van der Waals surface area contributed by atoms with Gasteiger partial charge in [0.2, 0.25) is 10.0 Å². The van der Waals surface area contributed by atoms with Gasteiger partial charge in [0.25, 0.3) is 5.91 Å². The van der Waals surface area contributed by atoms with E-state index in [4.69, 9.17) is 0 Å². The monoisotopic (exact) mass is 434 g/mol. The van der Waals surface area contributed by atoms with Gasteiger partial charge >= 0.3 is 0 Å². The number of benzene rings is 1. The molecule has 1 amide bonds. The number of hydrogen-bond donors (Lipinski definition) is 1. The molecule has 3 aliphatic rings. The fourth-order valence-corrected chi connectivity index (χ4v) is 6.01. The van der Waals surface area contributed by atoms with Crippen molar-refractivity contribution >= 4 is 21.6 Å². The molecule has 0 aromatic heterocycles. The van der Waals surface area contributed by atoms with E-state index >= 15 is 0 Å². The molecule has 2 fully saturated rings. The highest BCUT2D eigenvalue weighted by molar-refractivity contribution is 7.92. The Hall–Kier alpha value is -1.64. The first-order valence-corrected chi connectivity index (χ1v) is 13.1. The summed E-state index contributed by atoms with van der Waals surface area (Å²) in [7, 11) is -3.31. The molecule has 7 nitrogen and oxygen atoms in total. The van der Waals surface area contributed by atoms with Gasteiger partial charge in [-0.05, 0) is 76.0 Å². The zero-order valence-corrected chi connectivity index (χ0v) is 18.8. The minimum absolute atomic E-state index is 0.138. The standard InChI is InChI=1S/C22H34N4O3S/c1-30(28,29)26-15-7-18-5-6-19(17-21(18)26)22(27)23-10-16-24-13-8-20(9-14-24)25-11-3-2-4-12-25/h5-6,17,20H,2-4,7-16H2,1H3,(H,23,27). The van der Waals surface area contributed by atoms with E-state index < -0.39 is 10.0 Å². The van der Waals surface area contributed by atoms with Crippen LogP contribution >= 0.6 is 0 Å². The van der Waals surface area contributed by atoms with E-state index in [0.717, 1.165) is 31.2 Å². The summed E-state index contributed by atoms with van der Waals surface area (Å²) in [5.41, 5.74) is 2.14. The van der Waals surface area contributed by atoms with Crippen LogP contribution in [0, 0.1) is 0 Å². The lowest BCUT2D eigenvalue weighted by atomic mass is 10.00. The number of hydrogen-bond acceptors (Lipinski definition) is 5. The third kappa shape index (κ3) is 4.98. The minimum Gasteiger partial charge on any atom is -0.351 e. The van der Waals surface area contributed by atoms with Gasteiger partial charge in [-0.15, -0.1) is 0 Å². The second kappa shape index (κ2) is 9.24. The number of carbonyl (C=O) groups is 1. The van der Waals surface area contributed by atoms with Crippen LogP contribution < -0.4 is 9.62 Å². The predicted octanol–water partition coefficient (Wildman–Crippen LogP) is 1.69. The molecular weight excluding hydrogens is 400 g/mol. The average molecular weight is 435 g/mol. The molecule has 1 N–H and O–H groups in total. The molecule has 4 rings (SSSR count). The van der Waals surface area contributed by atoms with Crippen LogP contribution in [-0.2, 0) is 16.4 Å². The average Bonchev–Trinajstić information content (AvgIpc) is 3.18. The van der Waals surface area contributed by atoms with Gasteiger partial charge in [-0.3, -0.25) is 9.10 Å².